The molecular weight excluding hydrogens is 290 g/mol. The number of amides is 2. The molecule has 0 spiro atoms. The number of hydrogen-bond acceptors (Lipinski definition) is 3. The molecular formula is C18H27N3O2. The lowest BCUT2D eigenvalue weighted by molar-refractivity contribution is -0.127. The van der Waals surface area contributed by atoms with E-state index < -0.39 is 5.54 Å². The van der Waals surface area contributed by atoms with Crippen LogP contribution in [-0.2, 0) is 9.59 Å². The van der Waals surface area contributed by atoms with Gasteiger partial charge in [-0.3, -0.25) is 19.4 Å². The zero-order valence-electron chi connectivity index (χ0n) is 14.6. The van der Waals surface area contributed by atoms with Gasteiger partial charge in [0.15, 0.2) is 0 Å². The number of hydrogen-bond donors (Lipinski definition) is 1. The summed E-state index contributed by atoms with van der Waals surface area (Å²) in [7, 11) is 0. The van der Waals surface area contributed by atoms with E-state index in [-0.39, 0.29) is 11.8 Å². The van der Waals surface area contributed by atoms with Crippen molar-refractivity contribution in [1.82, 2.24) is 4.90 Å². The van der Waals surface area contributed by atoms with E-state index in [0.717, 1.165) is 31.6 Å². The van der Waals surface area contributed by atoms with Gasteiger partial charge in [-0.1, -0.05) is 26.0 Å². The van der Waals surface area contributed by atoms with Gasteiger partial charge in [0.25, 0.3) is 0 Å². The number of para-hydroxylation sites is 2. The van der Waals surface area contributed by atoms with Gasteiger partial charge in [-0.25, -0.2) is 0 Å². The lowest BCUT2D eigenvalue weighted by Crippen LogP contribution is -2.60. The molecule has 126 valence electrons. The highest BCUT2D eigenvalue weighted by Gasteiger charge is 2.43. The van der Waals surface area contributed by atoms with Gasteiger partial charge in [0.05, 0.1) is 17.9 Å². The van der Waals surface area contributed by atoms with Crippen LogP contribution in [0.4, 0.5) is 11.4 Å². The van der Waals surface area contributed by atoms with E-state index in [1.165, 1.54) is 0 Å². The molecule has 0 unspecified atom stereocenters. The zero-order chi connectivity index (χ0) is 17.0. The molecule has 23 heavy (non-hydrogen) atoms. The Hall–Kier alpha value is -1.88. The van der Waals surface area contributed by atoms with Crippen LogP contribution in [-0.4, -0.2) is 41.9 Å². The van der Waals surface area contributed by atoms with Gasteiger partial charge in [-0.05, 0) is 51.9 Å². The summed E-state index contributed by atoms with van der Waals surface area (Å²) in [6, 6.07) is 7.47. The Labute approximate surface area is 138 Å². The van der Waals surface area contributed by atoms with Crippen LogP contribution in [0.25, 0.3) is 0 Å². The monoisotopic (exact) mass is 317 g/mol. The minimum atomic E-state index is -0.893. The fourth-order valence-corrected chi connectivity index (χ4v) is 3.06. The van der Waals surface area contributed by atoms with Crippen molar-refractivity contribution in [1.29, 1.82) is 0 Å². The third kappa shape index (κ3) is 3.55. The molecule has 1 heterocycles. The van der Waals surface area contributed by atoms with Crippen LogP contribution in [0.15, 0.2) is 24.3 Å². The number of fused-ring (bicyclic) bond motifs is 1. The quantitative estimate of drug-likeness (QED) is 0.878. The molecule has 0 aromatic heterocycles. The summed E-state index contributed by atoms with van der Waals surface area (Å²) in [6.45, 7) is 9.93. The summed E-state index contributed by atoms with van der Waals surface area (Å²) in [5, 5.41) is 2.89. The van der Waals surface area contributed by atoms with Gasteiger partial charge in [0.2, 0.25) is 11.8 Å². The van der Waals surface area contributed by atoms with Crippen LogP contribution < -0.4 is 10.2 Å². The zero-order valence-corrected chi connectivity index (χ0v) is 14.6. The highest BCUT2D eigenvalue weighted by atomic mass is 16.2. The van der Waals surface area contributed by atoms with Gasteiger partial charge in [-0.15, -0.1) is 0 Å². The molecule has 2 amide bonds. The van der Waals surface area contributed by atoms with Crippen molar-refractivity contribution in [2.24, 2.45) is 0 Å². The second-order valence-corrected chi connectivity index (χ2v) is 6.54. The molecule has 5 nitrogen and oxygen atoms in total. The average molecular weight is 317 g/mol. The van der Waals surface area contributed by atoms with Crippen LogP contribution in [0.2, 0.25) is 0 Å². The molecule has 0 aliphatic carbocycles. The van der Waals surface area contributed by atoms with Gasteiger partial charge in [0.1, 0.15) is 5.54 Å². The Bertz CT molecular complexity index is 577. The number of carbonyl (C=O) groups excluding carboxylic acids is 2. The smallest absolute Gasteiger partial charge is 0.250 e. The molecule has 0 fully saturated rings. The molecule has 0 radical (unpaired) electrons. The van der Waals surface area contributed by atoms with Crippen molar-refractivity contribution < 1.29 is 9.59 Å². The first kappa shape index (κ1) is 17.5. The summed E-state index contributed by atoms with van der Waals surface area (Å²) in [5.74, 6) is -0.179. The maximum atomic E-state index is 13.0. The molecule has 1 aliphatic heterocycles. The van der Waals surface area contributed by atoms with Crippen LogP contribution >= 0.6 is 0 Å². The molecule has 0 atom stereocenters. The molecule has 0 bridgehead atoms. The highest BCUT2D eigenvalue weighted by Crippen LogP contribution is 2.36. The first-order valence-corrected chi connectivity index (χ1v) is 8.37. The predicted octanol–water partition coefficient (Wildman–Crippen LogP) is 2.87. The Balaban J connectivity index is 2.31. The van der Waals surface area contributed by atoms with Gasteiger partial charge in [0, 0.05) is 0 Å². The van der Waals surface area contributed by atoms with Crippen molar-refractivity contribution in [2.75, 3.05) is 29.9 Å². The van der Waals surface area contributed by atoms with E-state index in [1.807, 2.05) is 24.3 Å². The summed E-state index contributed by atoms with van der Waals surface area (Å²) < 4.78 is 0. The lowest BCUT2D eigenvalue weighted by Gasteiger charge is -2.42. The van der Waals surface area contributed by atoms with E-state index in [2.05, 4.69) is 24.1 Å². The number of anilines is 2. The fourth-order valence-electron chi connectivity index (χ4n) is 3.06. The second kappa shape index (κ2) is 7.13. The summed E-state index contributed by atoms with van der Waals surface area (Å²) in [6.07, 6.45) is 2.02. The first-order valence-electron chi connectivity index (χ1n) is 8.37. The molecule has 1 aliphatic rings. The van der Waals surface area contributed by atoms with Crippen LogP contribution in [0.1, 0.15) is 40.5 Å². The summed E-state index contributed by atoms with van der Waals surface area (Å²) in [4.78, 5) is 29.2. The molecule has 0 saturated carbocycles. The van der Waals surface area contributed by atoms with Crippen molar-refractivity contribution in [3.05, 3.63) is 24.3 Å². The maximum Gasteiger partial charge on any atom is 0.250 e. The van der Waals surface area contributed by atoms with Crippen LogP contribution in [0.3, 0.4) is 0 Å². The Morgan fingerprint density at radius 1 is 1.17 bits per heavy atom. The molecule has 0 saturated heterocycles. The summed E-state index contributed by atoms with van der Waals surface area (Å²) in [5.41, 5.74) is 0.577. The molecule has 2 rings (SSSR count). The Morgan fingerprint density at radius 3 is 2.39 bits per heavy atom. The number of carbonyl (C=O) groups is 2. The number of benzene rings is 1. The minimum Gasteiger partial charge on any atom is -0.322 e. The normalized spacial score (nSPS) is 16.2. The number of nitrogens with one attached hydrogen (secondary N) is 1. The SMILES string of the molecule is CCCN(CCC)CC(=O)N1c2ccccc2NC(=O)C1(C)C. The summed E-state index contributed by atoms with van der Waals surface area (Å²) >= 11 is 0. The van der Waals surface area contributed by atoms with Crippen LogP contribution in [0.5, 0.6) is 0 Å². The van der Waals surface area contributed by atoms with Crippen molar-refractivity contribution in [2.45, 2.75) is 46.1 Å². The molecule has 1 N–H and O–H groups in total. The third-order valence-corrected chi connectivity index (χ3v) is 4.20. The number of nitrogens with zero attached hydrogens (tertiary/aromatic N) is 2. The van der Waals surface area contributed by atoms with Gasteiger partial charge >= 0.3 is 0 Å². The highest BCUT2D eigenvalue weighted by molar-refractivity contribution is 6.14. The van der Waals surface area contributed by atoms with E-state index in [1.54, 1.807) is 18.7 Å². The van der Waals surface area contributed by atoms with Gasteiger partial charge < -0.3 is 5.32 Å². The van der Waals surface area contributed by atoms with Crippen molar-refractivity contribution >= 4 is 23.2 Å². The minimum absolute atomic E-state index is 0.0285. The van der Waals surface area contributed by atoms with E-state index in [9.17, 15) is 9.59 Å². The standard InChI is InChI=1S/C18H27N3O2/c1-5-11-20(12-6-2)13-16(22)21-15-10-8-7-9-14(15)19-17(23)18(21,3)4/h7-10H,5-6,11-13H2,1-4H3,(H,19,23). The largest absolute Gasteiger partial charge is 0.322 e. The Kier molecular flexibility index (Phi) is 5.42. The van der Waals surface area contributed by atoms with Crippen LogP contribution in [0, 0.1) is 0 Å². The fraction of sp³-hybridized carbons (Fsp3) is 0.556. The topological polar surface area (TPSA) is 52.7 Å². The van der Waals surface area contributed by atoms with E-state index >= 15 is 0 Å². The van der Waals surface area contributed by atoms with E-state index in [0.29, 0.717) is 12.2 Å². The molecule has 1 aromatic carbocycles. The molecule has 5 heteroatoms. The van der Waals surface area contributed by atoms with Crippen molar-refractivity contribution in [3.63, 3.8) is 0 Å². The van der Waals surface area contributed by atoms with Gasteiger partial charge in [-0.2, -0.15) is 0 Å². The average Bonchev–Trinajstić information content (AvgIpc) is 2.48. The number of rotatable bonds is 6. The Morgan fingerprint density at radius 2 is 1.78 bits per heavy atom. The lowest BCUT2D eigenvalue weighted by atomic mass is 9.96. The second-order valence-electron chi connectivity index (χ2n) is 6.54. The van der Waals surface area contributed by atoms with Crippen molar-refractivity contribution in [3.8, 4) is 0 Å². The molecule has 1 aromatic rings. The third-order valence-electron chi connectivity index (χ3n) is 4.20. The predicted molar refractivity (Wildman–Crippen MR) is 93.7 cm³/mol. The maximum absolute atomic E-state index is 13.0. The first-order chi connectivity index (χ1) is 10.9. The van der Waals surface area contributed by atoms with E-state index in [4.69, 9.17) is 0 Å².